The Hall–Kier alpha value is -2.92. The topological polar surface area (TPSA) is 84.2 Å². The molecule has 6 nitrogen and oxygen atoms in total. The largest absolute Gasteiger partial charge is 0.433 e. The molecule has 3 aromatic rings. The fourth-order valence-electron chi connectivity index (χ4n) is 2.88. The van der Waals surface area contributed by atoms with E-state index in [9.17, 15) is 26.0 Å². The molecule has 0 bridgehead atoms. The van der Waals surface area contributed by atoms with Gasteiger partial charge in [-0.25, -0.2) is 12.8 Å². The number of halogens is 4. The summed E-state index contributed by atoms with van der Waals surface area (Å²) in [6.45, 7) is -0.680. The van der Waals surface area contributed by atoms with E-state index in [2.05, 4.69) is 9.82 Å². The Bertz CT molecular complexity index is 1110. The molecule has 0 aliphatic carbocycles. The minimum absolute atomic E-state index is 0.0293. The van der Waals surface area contributed by atoms with Gasteiger partial charge in [0.2, 0.25) is 0 Å². The Morgan fingerprint density at radius 3 is 2.23 bits per heavy atom. The lowest BCUT2D eigenvalue weighted by atomic mass is 10.0. The Morgan fingerprint density at radius 2 is 1.67 bits per heavy atom. The summed E-state index contributed by atoms with van der Waals surface area (Å²) in [4.78, 5) is -0.159. The molecule has 0 spiro atoms. The first kappa shape index (κ1) is 21.8. The Balaban J connectivity index is 2.20. The molecule has 2 aromatic carbocycles. The number of aliphatic hydroxyl groups is 1. The van der Waals surface area contributed by atoms with Crippen LogP contribution in [0.25, 0.3) is 11.1 Å². The van der Waals surface area contributed by atoms with Gasteiger partial charge >= 0.3 is 6.18 Å². The van der Waals surface area contributed by atoms with E-state index in [1.807, 2.05) is 0 Å². The average Bonchev–Trinajstić information content (AvgIpc) is 3.05. The van der Waals surface area contributed by atoms with E-state index in [1.54, 1.807) is 6.07 Å². The van der Waals surface area contributed by atoms with Gasteiger partial charge < -0.3 is 5.11 Å². The minimum Gasteiger partial charge on any atom is -0.396 e. The zero-order chi connectivity index (χ0) is 21.9. The number of aliphatic hydroxyl groups excluding tert-OH is 1. The number of hydrogen-bond donors (Lipinski definition) is 2. The molecule has 30 heavy (non-hydrogen) atoms. The van der Waals surface area contributed by atoms with Gasteiger partial charge in [-0.3, -0.25) is 9.40 Å². The number of rotatable bonds is 7. The highest BCUT2D eigenvalue weighted by Gasteiger charge is 2.41. The standard InChI is InChI=1S/C19H17F4N3O3S/c20-14-9-7-13(8-10-14)16-17(19(21,22)23)26(11-4-12-27)24-18(16)25-30(28,29)15-5-2-1-3-6-15/h1-3,5-10,27H,4,11-12H2,(H,24,25). The Kier molecular flexibility index (Phi) is 6.13. The summed E-state index contributed by atoms with van der Waals surface area (Å²) >= 11 is 0. The van der Waals surface area contributed by atoms with Gasteiger partial charge in [0.15, 0.2) is 11.5 Å². The van der Waals surface area contributed by atoms with Crippen molar-refractivity contribution < 1.29 is 31.1 Å². The Labute approximate surface area is 169 Å². The zero-order valence-corrected chi connectivity index (χ0v) is 16.2. The first-order chi connectivity index (χ1) is 14.1. The summed E-state index contributed by atoms with van der Waals surface area (Å²) in [5.41, 5.74) is -1.79. The lowest BCUT2D eigenvalue weighted by Crippen LogP contribution is -2.16. The van der Waals surface area contributed by atoms with E-state index in [4.69, 9.17) is 5.11 Å². The summed E-state index contributed by atoms with van der Waals surface area (Å²) < 4.78 is 83.1. The number of hydrogen-bond acceptors (Lipinski definition) is 4. The molecule has 0 aliphatic heterocycles. The number of sulfonamides is 1. The molecule has 11 heteroatoms. The van der Waals surface area contributed by atoms with Crippen LogP contribution in [0.4, 0.5) is 23.4 Å². The molecule has 3 rings (SSSR count). The molecule has 0 unspecified atom stereocenters. The van der Waals surface area contributed by atoms with Crippen LogP contribution in [0.3, 0.4) is 0 Å². The predicted molar refractivity (Wildman–Crippen MR) is 102 cm³/mol. The molecule has 1 heterocycles. The number of benzene rings is 2. The van der Waals surface area contributed by atoms with Gasteiger partial charge in [-0.05, 0) is 36.2 Å². The third kappa shape index (κ3) is 4.62. The highest BCUT2D eigenvalue weighted by molar-refractivity contribution is 7.92. The quantitative estimate of drug-likeness (QED) is 0.543. The number of alkyl halides is 3. The van der Waals surface area contributed by atoms with Gasteiger partial charge in [0, 0.05) is 13.2 Å². The molecule has 0 amide bonds. The van der Waals surface area contributed by atoms with Crippen molar-refractivity contribution in [1.82, 2.24) is 9.78 Å². The van der Waals surface area contributed by atoms with Crippen molar-refractivity contribution >= 4 is 15.8 Å². The van der Waals surface area contributed by atoms with Gasteiger partial charge in [0.25, 0.3) is 10.0 Å². The smallest absolute Gasteiger partial charge is 0.396 e. The lowest BCUT2D eigenvalue weighted by Gasteiger charge is -2.13. The van der Waals surface area contributed by atoms with Gasteiger partial charge in [-0.1, -0.05) is 30.3 Å². The van der Waals surface area contributed by atoms with Crippen molar-refractivity contribution in [3.05, 3.63) is 66.1 Å². The lowest BCUT2D eigenvalue weighted by molar-refractivity contribution is -0.143. The van der Waals surface area contributed by atoms with Crippen molar-refractivity contribution in [2.24, 2.45) is 0 Å². The monoisotopic (exact) mass is 443 g/mol. The third-order valence-corrected chi connectivity index (χ3v) is 5.52. The number of aryl methyl sites for hydroxylation is 1. The normalized spacial score (nSPS) is 12.2. The minimum atomic E-state index is -4.89. The van der Waals surface area contributed by atoms with Crippen LogP contribution in [-0.2, 0) is 22.7 Å². The summed E-state index contributed by atoms with van der Waals surface area (Å²) in [5, 5.41) is 12.8. The molecule has 0 fully saturated rings. The van der Waals surface area contributed by atoms with Crippen LogP contribution < -0.4 is 4.72 Å². The zero-order valence-electron chi connectivity index (χ0n) is 15.4. The van der Waals surface area contributed by atoms with Crippen molar-refractivity contribution in [2.75, 3.05) is 11.3 Å². The number of nitrogens with zero attached hydrogens (tertiary/aromatic N) is 2. The molecule has 0 aliphatic rings. The highest BCUT2D eigenvalue weighted by Crippen LogP contribution is 2.42. The van der Waals surface area contributed by atoms with Crippen molar-refractivity contribution in [1.29, 1.82) is 0 Å². The van der Waals surface area contributed by atoms with Gasteiger partial charge in [0.1, 0.15) is 5.82 Å². The van der Waals surface area contributed by atoms with Crippen molar-refractivity contribution in [2.45, 2.75) is 24.0 Å². The van der Waals surface area contributed by atoms with E-state index in [1.165, 1.54) is 24.3 Å². The molecule has 2 N–H and O–H groups in total. The van der Waals surface area contributed by atoms with Crippen LogP contribution >= 0.6 is 0 Å². The van der Waals surface area contributed by atoms with Crippen LogP contribution in [0, 0.1) is 5.82 Å². The molecular weight excluding hydrogens is 426 g/mol. The second-order valence-corrected chi connectivity index (χ2v) is 7.98. The maximum absolute atomic E-state index is 13.9. The molecule has 0 atom stereocenters. The van der Waals surface area contributed by atoms with E-state index < -0.39 is 39.1 Å². The van der Waals surface area contributed by atoms with Gasteiger partial charge in [0.05, 0.1) is 10.5 Å². The summed E-state index contributed by atoms with van der Waals surface area (Å²) in [7, 11) is -4.24. The van der Waals surface area contributed by atoms with Gasteiger partial charge in [-0.15, -0.1) is 0 Å². The van der Waals surface area contributed by atoms with Crippen LogP contribution in [-0.4, -0.2) is 29.9 Å². The molecular formula is C19H17F4N3O3S. The number of anilines is 1. The maximum Gasteiger partial charge on any atom is 0.433 e. The van der Waals surface area contributed by atoms with Gasteiger partial charge in [-0.2, -0.15) is 18.3 Å². The molecule has 0 saturated heterocycles. The fourth-order valence-corrected chi connectivity index (χ4v) is 3.91. The van der Waals surface area contributed by atoms with Crippen LogP contribution in [0.15, 0.2) is 59.5 Å². The average molecular weight is 443 g/mol. The number of aromatic nitrogens is 2. The van der Waals surface area contributed by atoms with Crippen LogP contribution in [0.5, 0.6) is 0 Å². The molecule has 160 valence electrons. The van der Waals surface area contributed by atoms with E-state index in [0.717, 1.165) is 24.3 Å². The first-order valence-corrected chi connectivity index (χ1v) is 10.2. The second-order valence-electron chi connectivity index (χ2n) is 6.30. The van der Waals surface area contributed by atoms with E-state index in [-0.39, 0.29) is 30.0 Å². The van der Waals surface area contributed by atoms with Crippen molar-refractivity contribution in [3.63, 3.8) is 0 Å². The molecule has 1 aromatic heterocycles. The van der Waals surface area contributed by atoms with Crippen molar-refractivity contribution in [3.8, 4) is 11.1 Å². The molecule has 0 radical (unpaired) electrons. The third-order valence-electron chi connectivity index (χ3n) is 4.17. The Morgan fingerprint density at radius 1 is 1.03 bits per heavy atom. The van der Waals surface area contributed by atoms with Crippen LogP contribution in [0.2, 0.25) is 0 Å². The summed E-state index contributed by atoms with van der Waals surface area (Å²) in [6, 6.07) is 11.3. The fraction of sp³-hybridized carbons (Fsp3) is 0.211. The maximum atomic E-state index is 13.9. The van der Waals surface area contributed by atoms with E-state index in [0.29, 0.717) is 4.68 Å². The number of nitrogens with one attached hydrogen (secondary N) is 1. The SMILES string of the molecule is O=S(=O)(Nc1nn(CCCO)c(C(F)(F)F)c1-c1ccc(F)cc1)c1ccccc1. The van der Waals surface area contributed by atoms with Crippen LogP contribution in [0.1, 0.15) is 12.1 Å². The second kappa shape index (κ2) is 8.44. The summed E-state index contributed by atoms with van der Waals surface area (Å²) in [6.07, 6.45) is -4.92. The molecule has 0 saturated carbocycles. The van der Waals surface area contributed by atoms with E-state index >= 15 is 0 Å². The summed E-state index contributed by atoms with van der Waals surface area (Å²) in [5.74, 6) is -1.21. The first-order valence-electron chi connectivity index (χ1n) is 8.76. The predicted octanol–water partition coefficient (Wildman–Crippen LogP) is 3.89. The highest BCUT2D eigenvalue weighted by atomic mass is 32.2.